The van der Waals surface area contributed by atoms with Crippen molar-refractivity contribution in [2.75, 3.05) is 14.2 Å². The number of aromatic nitrogens is 2. The molecule has 0 radical (unpaired) electrons. The van der Waals surface area contributed by atoms with Crippen LogP contribution in [0, 0.1) is 6.92 Å². The van der Waals surface area contributed by atoms with Crippen molar-refractivity contribution in [2.24, 2.45) is 0 Å². The quantitative estimate of drug-likeness (QED) is 0.719. The molecule has 136 valence electrons. The molecule has 0 fully saturated rings. The average molecular weight is 373 g/mol. The topological polar surface area (TPSA) is 52.6 Å². The van der Waals surface area contributed by atoms with E-state index in [9.17, 15) is 0 Å². The van der Waals surface area contributed by atoms with E-state index in [0.717, 1.165) is 29.0 Å². The lowest BCUT2D eigenvalue weighted by molar-refractivity contribution is -0.925. The summed E-state index contributed by atoms with van der Waals surface area (Å²) in [5.41, 5.74) is 3.14. The second kappa shape index (κ2) is 7.89. The van der Waals surface area contributed by atoms with Crippen LogP contribution in [0.3, 0.4) is 0 Å². The molecule has 26 heavy (non-hydrogen) atoms. The number of halogens is 1. The van der Waals surface area contributed by atoms with Gasteiger partial charge in [-0.1, -0.05) is 29.3 Å². The number of hydrogen-bond donors (Lipinski definition) is 1. The van der Waals surface area contributed by atoms with E-state index in [4.69, 9.17) is 20.8 Å². The smallest absolute Gasteiger partial charge is 0.274 e. The predicted molar refractivity (Wildman–Crippen MR) is 101 cm³/mol. The average Bonchev–Trinajstić information content (AvgIpc) is 3.11. The number of nitrogens with one attached hydrogen (secondary N) is 1. The first-order valence-corrected chi connectivity index (χ1v) is 8.91. The van der Waals surface area contributed by atoms with E-state index in [-0.39, 0.29) is 6.04 Å². The van der Waals surface area contributed by atoms with Gasteiger partial charge in [0.2, 0.25) is 5.89 Å². The molecule has 1 N–H and O–H groups in total. The van der Waals surface area contributed by atoms with Gasteiger partial charge in [0.1, 0.15) is 12.3 Å². The summed E-state index contributed by atoms with van der Waals surface area (Å²) in [6.45, 7) is 4.84. The first kappa shape index (κ1) is 18.4. The van der Waals surface area contributed by atoms with Crippen molar-refractivity contribution in [3.05, 3.63) is 64.5 Å². The molecule has 1 unspecified atom stereocenters. The number of ether oxygens (including phenoxy) is 1. The molecule has 0 amide bonds. The van der Waals surface area contributed by atoms with Crippen LogP contribution in [0.25, 0.3) is 11.5 Å². The molecule has 0 aliphatic heterocycles. The number of nitrogens with zero attached hydrogens (tertiary/aromatic N) is 2. The molecular weight excluding hydrogens is 350 g/mol. The van der Waals surface area contributed by atoms with Crippen LogP contribution in [-0.2, 0) is 6.54 Å². The first-order valence-electron chi connectivity index (χ1n) is 8.53. The van der Waals surface area contributed by atoms with Gasteiger partial charge in [-0.15, -0.1) is 10.2 Å². The molecule has 2 atom stereocenters. The van der Waals surface area contributed by atoms with E-state index in [1.807, 2.05) is 49.4 Å². The summed E-state index contributed by atoms with van der Waals surface area (Å²) in [7, 11) is 3.75. The van der Waals surface area contributed by atoms with E-state index in [1.165, 1.54) is 4.90 Å². The number of rotatable bonds is 6. The maximum absolute atomic E-state index is 6.13. The Labute approximate surface area is 158 Å². The molecule has 0 spiro atoms. The predicted octanol–water partition coefficient (Wildman–Crippen LogP) is 3.48. The third kappa shape index (κ3) is 4.06. The van der Waals surface area contributed by atoms with E-state index < -0.39 is 0 Å². The lowest BCUT2D eigenvalue weighted by Gasteiger charge is -2.20. The van der Waals surface area contributed by atoms with Crippen molar-refractivity contribution in [1.82, 2.24) is 10.2 Å². The Morgan fingerprint density at radius 1 is 1.19 bits per heavy atom. The van der Waals surface area contributed by atoms with E-state index >= 15 is 0 Å². The Balaban J connectivity index is 1.77. The number of benzene rings is 2. The Kier molecular flexibility index (Phi) is 5.59. The van der Waals surface area contributed by atoms with Crippen LogP contribution in [-0.4, -0.2) is 24.4 Å². The lowest BCUT2D eigenvalue weighted by atomic mass is 10.1. The molecule has 0 aliphatic rings. The van der Waals surface area contributed by atoms with Gasteiger partial charge in [0.15, 0.2) is 6.04 Å². The largest absolute Gasteiger partial charge is 0.496 e. The van der Waals surface area contributed by atoms with Crippen molar-refractivity contribution >= 4 is 11.6 Å². The van der Waals surface area contributed by atoms with Gasteiger partial charge in [0.05, 0.1) is 14.2 Å². The molecule has 6 heteroatoms. The zero-order chi connectivity index (χ0) is 18.7. The fourth-order valence-corrected chi connectivity index (χ4v) is 3.05. The molecule has 1 aromatic heterocycles. The normalized spacial score (nSPS) is 13.4. The maximum Gasteiger partial charge on any atom is 0.274 e. The van der Waals surface area contributed by atoms with Crippen molar-refractivity contribution in [1.29, 1.82) is 0 Å². The van der Waals surface area contributed by atoms with E-state index in [0.29, 0.717) is 16.8 Å². The molecular formula is C20H23ClN3O2+. The summed E-state index contributed by atoms with van der Waals surface area (Å²) >= 11 is 6.13. The number of quaternary nitrogens is 1. The second-order valence-electron chi connectivity index (χ2n) is 6.52. The van der Waals surface area contributed by atoms with Gasteiger partial charge in [0, 0.05) is 16.1 Å². The van der Waals surface area contributed by atoms with Gasteiger partial charge in [-0.05, 0) is 44.2 Å². The zero-order valence-electron chi connectivity index (χ0n) is 15.4. The number of hydrogen-bond acceptors (Lipinski definition) is 4. The fourth-order valence-electron chi connectivity index (χ4n) is 2.85. The van der Waals surface area contributed by atoms with Crippen molar-refractivity contribution < 1.29 is 14.1 Å². The fraction of sp³-hybridized carbons (Fsp3) is 0.300. The number of methoxy groups -OCH3 is 1. The molecule has 5 nitrogen and oxygen atoms in total. The Morgan fingerprint density at radius 3 is 2.73 bits per heavy atom. The van der Waals surface area contributed by atoms with Gasteiger partial charge >= 0.3 is 0 Å². The van der Waals surface area contributed by atoms with Crippen LogP contribution in [0.1, 0.15) is 30.0 Å². The molecule has 0 saturated heterocycles. The standard InChI is InChI=1S/C20H22ClN3O2/c1-13-6-5-7-15(10-13)20-23-22-19(26-20)14(2)24(3)12-16-11-17(21)8-9-18(16)25-4/h5-11,14H,12H2,1-4H3/p+1/t14-/m1/s1. The van der Waals surface area contributed by atoms with Crippen molar-refractivity contribution in [3.63, 3.8) is 0 Å². The highest BCUT2D eigenvalue weighted by Gasteiger charge is 2.23. The van der Waals surface area contributed by atoms with Crippen LogP contribution < -0.4 is 9.64 Å². The minimum Gasteiger partial charge on any atom is -0.496 e. The van der Waals surface area contributed by atoms with E-state index in [2.05, 4.69) is 24.2 Å². The maximum atomic E-state index is 6.13. The first-order chi connectivity index (χ1) is 12.5. The summed E-state index contributed by atoms with van der Waals surface area (Å²) < 4.78 is 11.4. The second-order valence-corrected chi connectivity index (χ2v) is 6.95. The summed E-state index contributed by atoms with van der Waals surface area (Å²) in [5, 5.41) is 9.16. The van der Waals surface area contributed by atoms with Crippen LogP contribution in [0.2, 0.25) is 5.02 Å². The molecule has 3 rings (SSSR count). The van der Waals surface area contributed by atoms with Crippen LogP contribution >= 0.6 is 11.6 Å². The van der Waals surface area contributed by atoms with Gasteiger partial charge in [0.25, 0.3) is 5.89 Å². The number of aryl methyl sites for hydroxylation is 1. The van der Waals surface area contributed by atoms with E-state index in [1.54, 1.807) is 7.11 Å². The molecule has 3 aromatic rings. The Morgan fingerprint density at radius 2 is 2.00 bits per heavy atom. The lowest BCUT2D eigenvalue weighted by Crippen LogP contribution is -3.07. The summed E-state index contributed by atoms with van der Waals surface area (Å²) in [6.07, 6.45) is 0. The van der Waals surface area contributed by atoms with Crippen molar-refractivity contribution in [2.45, 2.75) is 26.4 Å². The Hall–Kier alpha value is -2.37. The third-order valence-corrected chi connectivity index (χ3v) is 4.76. The third-order valence-electron chi connectivity index (χ3n) is 4.53. The zero-order valence-corrected chi connectivity index (χ0v) is 16.2. The minimum absolute atomic E-state index is 0.0322. The summed E-state index contributed by atoms with van der Waals surface area (Å²) in [6, 6.07) is 13.7. The molecule has 0 saturated carbocycles. The van der Waals surface area contributed by atoms with Gasteiger partial charge < -0.3 is 14.1 Å². The van der Waals surface area contributed by atoms with Gasteiger partial charge in [-0.2, -0.15) is 0 Å². The molecule has 0 aliphatic carbocycles. The Bertz CT molecular complexity index is 894. The molecule has 0 bridgehead atoms. The molecule has 2 aromatic carbocycles. The SMILES string of the molecule is COc1ccc(Cl)cc1C[NH+](C)[C@H](C)c1nnc(-c2cccc(C)c2)o1. The highest BCUT2D eigenvalue weighted by Crippen LogP contribution is 2.23. The van der Waals surface area contributed by atoms with Crippen molar-refractivity contribution in [3.8, 4) is 17.2 Å². The highest BCUT2D eigenvalue weighted by molar-refractivity contribution is 6.30. The van der Waals surface area contributed by atoms with Crippen LogP contribution in [0.4, 0.5) is 0 Å². The minimum atomic E-state index is 0.0322. The van der Waals surface area contributed by atoms with Gasteiger partial charge in [-0.25, -0.2) is 0 Å². The van der Waals surface area contributed by atoms with Gasteiger partial charge in [-0.3, -0.25) is 0 Å². The monoisotopic (exact) mass is 372 g/mol. The highest BCUT2D eigenvalue weighted by atomic mass is 35.5. The van der Waals surface area contributed by atoms with Crippen LogP contribution in [0.5, 0.6) is 5.75 Å². The molecule has 1 heterocycles. The summed E-state index contributed by atoms with van der Waals surface area (Å²) in [4.78, 5) is 1.20. The van der Waals surface area contributed by atoms with Crippen LogP contribution in [0.15, 0.2) is 46.9 Å². The summed E-state index contributed by atoms with van der Waals surface area (Å²) in [5.74, 6) is 1.98.